The molecule has 1 heterocycles. The van der Waals surface area contributed by atoms with Crippen LogP contribution < -0.4 is 5.32 Å². The number of amides is 1. The first-order valence-electron chi connectivity index (χ1n) is 11.1. The van der Waals surface area contributed by atoms with Gasteiger partial charge in [-0.1, -0.05) is 47.5 Å². The molecular formula is C24H28Cl2N2O3S. The maximum Gasteiger partial charge on any atom is 0.224 e. The summed E-state index contributed by atoms with van der Waals surface area (Å²) >= 11 is 12.3. The van der Waals surface area contributed by atoms with E-state index in [0.29, 0.717) is 35.0 Å². The van der Waals surface area contributed by atoms with Gasteiger partial charge in [0.05, 0.1) is 17.7 Å². The van der Waals surface area contributed by atoms with Gasteiger partial charge in [0.25, 0.3) is 0 Å². The third kappa shape index (κ3) is 5.14. The highest BCUT2D eigenvalue weighted by Crippen LogP contribution is 2.30. The quantitative estimate of drug-likeness (QED) is 0.620. The average molecular weight is 495 g/mol. The molecule has 172 valence electrons. The Hall–Kier alpha value is -1.60. The molecule has 0 spiro atoms. The van der Waals surface area contributed by atoms with E-state index in [4.69, 9.17) is 23.2 Å². The van der Waals surface area contributed by atoms with Crippen LogP contribution in [0.2, 0.25) is 10.0 Å². The predicted octanol–water partition coefficient (Wildman–Crippen LogP) is 4.90. The van der Waals surface area contributed by atoms with E-state index in [1.54, 1.807) is 18.2 Å². The van der Waals surface area contributed by atoms with Crippen LogP contribution in [0.5, 0.6) is 0 Å². The molecule has 1 N–H and O–H groups in total. The summed E-state index contributed by atoms with van der Waals surface area (Å²) in [6.07, 6.45) is 4.71. The zero-order chi connectivity index (χ0) is 22.9. The highest BCUT2D eigenvalue weighted by molar-refractivity contribution is 7.88. The van der Waals surface area contributed by atoms with Crippen molar-refractivity contribution >= 4 is 39.1 Å². The molecule has 1 fully saturated rings. The second kappa shape index (κ2) is 9.72. The number of sulfonamides is 1. The van der Waals surface area contributed by atoms with Crippen molar-refractivity contribution in [3.8, 4) is 0 Å². The maximum absolute atomic E-state index is 13.1. The van der Waals surface area contributed by atoms with E-state index in [2.05, 4.69) is 23.5 Å². The number of piperidine rings is 1. The van der Waals surface area contributed by atoms with Crippen LogP contribution in [0.1, 0.15) is 54.5 Å². The number of hydrogen-bond donors (Lipinski definition) is 1. The van der Waals surface area contributed by atoms with Crippen molar-refractivity contribution in [2.45, 2.75) is 50.8 Å². The van der Waals surface area contributed by atoms with Gasteiger partial charge in [-0.3, -0.25) is 4.79 Å². The average Bonchev–Trinajstić information content (AvgIpc) is 3.24. The lowest BCUT2D eigenvalue weighted by Gasteiger charge is -2.32. The molecule has 0 saturated carbocycles. The molecule has 0 aromatic heterocycles. The molecule has 32 heavy (non-hydrogen) atoms. The van der Waals surface area contributed by atoms with Crippen molar-refractivity contribution in [3.63, 3.8) is 0 Å². The van der Waals surface area contributed by atoms with E-state index in [0.717, 1.165) is 18.4 Å². The summed E-state index contributed by atoms with van der Waals surface area (Å²) in [6.45, 7) is 2.55. The van der Waals surface area contributed by atoms with Crippen LogP contribution >= 0.6 is 23.2 Å². The molecule has 1 amide bonds. The number of nitrogens with one attached hydrogen (secondary N) is 1. The second-order valence-electron chi connectivity index (χ2n) is 8.77. The highest BCUT2D eigenvalue weighted by Gasteiger charge is 2.33. The Labute approximate surface area is 200 Å². The Morgan fingerprint density at radius 2 is 1.84 bits per heavy atom. The summed E-state index contributed by atoms with van der Waals surface area (Å²) in [6, 6.07) is 11.3. The number of halogens is 2. The highest BCUT2D eigenvalue weighted by atomic mass is 35.5. The van der Waals surface area contributed by atoms with Crippen LogP contribution in [-0.2, 0) is 33.4 Å². The van der Waals surface area contributed by atoms with Gasteiger partial charge in [0.1, 0.15) is 0 Å². The zero-order valence-corrected chi connectivity index (χ0v) is 20.4. The molecule has 2 atom stereocenters. The summed E-state index contributed by atoms with van der Waals surface area (Å²) < 4.78 is 27.5. The fourth-order valence-electron chi connectivity index (χ4n) is 4.63. The lowest BCUT2D eigenvalue weighted by molar-refractivity contribution is -0.126. The van der Waals surface area contributed by atoms with Crippen molar-refractivity contribution < 1.29 is 13.2 Å². The number of hydrogen-bond acceptors (Lipinski definition) is 3. The molecule has 0 unspecified atom stereocenters. The van der Waals surface area contributed by atoms with Crippen molar-refractivity contribution in [1.82, 2.24) is 9.62 Å². The predicted molar refractivity (Wildman–Crippen MR) is 128 cm³/mol. The Morgan fingerprint density at radius 3 is 2.59 bits per heavy atom. The monoisotopic (exact) mass is 494 g/mol. The van der Waals surface area contributed by atoms with Crippen LogP contribution in [-0.4, -0.2) is 31.7 Å². The van der Waals surface area contributed by atoms with Gasteiger partial charge >= 0.3 is 0 Å². The maximum atomic E-state index is 13.1. The minimum Gasteiger partial charge on any atom is -0.349 e. The summed E-state index contributed by atoms with van der Waals surface area (Å²) in [5.74, 6) is -0.753. The van der Waals surface area contributed by atoms with E-state index in [-0.39, 0.29) is 30.2 Å². The Kier molecular flexibility index (Phi) is 7.15. The molecule has 0 radical (unpaired) electrons. The van der Waals surface area contributed by atoms with Crippen molar-refractivity contribution in [2.75, 3.05) is 13.1 Å². The lowest BCUT2D eigenvalue weighted by Crippen LogP contribution is -2.46. The molecular weight excluding hydrogens is 467 g/mol. The molecule has 5 nitrogen and oxygen atoms in total. The number of aryl methyl sites for hydroxylation is 2. The SMILES string of the molecule is C[C@@H](NC(=O)[C@H]1CCCN(S(=O)(=O)Cc2c(Cl)cccc2Cl)C1)c1ccc2c(c1)CCC2. The molecule has 2 aromatic carbocycles. The van der Waals surface area contributed by atoms with E-state index in [9.17, 15) is 13.2 Å². The third-order valence-corrected chi connectivity index (χ3v) is 9.00. The van der Waals surface area contributed by atoms with Gasteiger partial charge in [-0.05, 0) is 67.9 Å². The van der Waals surface area contributed by atoms with Crippen LogP contribution in [0.4, 0.5) is 0 Å². The van der Waals surface area contributed by atoms with Gasteiger partial charge in [0.2, 0.25) is 15.9 Å². The third-order valence-electron chi connectivity index (χ3n) is 6.52. The number of rotatable bonds is 6. The molecule has 1 saturated heterocycles. The molecule has 1 aliphatic carbocycles. The minimum absolute atomic E-state index is 0.103. The number of carbonyl (C=O) groups is 1. The first-order chi connectivity index (χ1) is 15.2. The van der Waals surface area contributed by atoms with E-state index in [1.807, 2.05) is 6.92 Å². The van der Waals surface area contributed by atoms with Crippen LogP contribution in [0.15, 0.2) is 36.4 Å². The van der Waals surface area contributed by atoms with E-state index in [1.165, 1.54) is 21.9 Å². The number of carbonyl (C=O) groups excluding carboxylic acids is 1. The molecule has 1 aliphatic heterocycles. The van der Waals surface area contributed by atoms with Gasteiger partial charge in [-0.25, -0.2) is 12.7 Å². The molecule has 0 bridgehead atoms. The standard InChI is InChI=1S/C24H28Cl2N2O3S/c1-16(18-11-10-17-5-2-6-19(17)13-18)27-24(29)20-7-4-12-28(14-20)32(30,31)15-21-22(25)8-3-9-23(21)26/h3,8-11,13,16,20H,2,4-7,12,14-15H2,1H3,(H,27,29)/t16-,20+/m1/s1. The summed E-state index contributed by atoms with van der Waals surface area (Å²) in [4.78, 5) is 13.0. The summed E-state index contributed by atoms with van der Waals surface area (Å²) in [7, 11) is -3.65. The van der Waals surface area contributed by atoms with Gasteiger partial charge in [-0.2, -0.15) is 0 Å². The van der Waals surface area contributed by atoms with Crippen LogP contribution in [0.3, 0.4) is 0 Å². The normalized spacial score (nSPS) is 20.0. The van der Waals surface area contributed by atoms with E-state index < -0.39 is 10.0 Å². The molecule has 2 aliphatic rings. The van der Waals surface area contributed by atoms with Gasteiger partial charge in [-0.15, -0.1) is 0 Å². The summed E-state index contributed by atoms with van der Waals surface area (Å²) in [5.41, 5.74) is 4.26. The fourth-order valence-corrected chi connectivity index (χ4v) is 6.99. The topological polar surface area (TPSA) is 66.5 Å². The first-order valence-corrected chi connectivity index (χ1v) is 13.4. The van der Waals surface area contributed by atoms with Crippen LogP contribution in [0, 0.1) is 5.92 Å². The minimum atomic E-state index is -3.65. The second-order valence-corrected chi connectivity index (χ2v) is 11.5. The van der Waals surface area contributed by atoms with Gasteiger partial charge in [0, 0.05) is 28.7 Å². The Morgan fingerprint density at radius 1 is 1.12 bits per heavy atom. The molecule has 2 aromatic rings. The zero-order valence-electron chi connectivity index (χ0n) is 18.1. The fraction of sp³-hybridized carbons (Fsp3) is 0.458. The Balaban J connectivity index is 1.41. The lowest BCUT2D eigenvalue weighted by atomic mass is 9.97. The largest absolute Gasteiger partial charge is 0.349 e. The van der Waals surface area contributed by atoms with Crippen molar-refractivity contribution in [3.05, 3.63) is 68.7 Å². The Bertz CT molecular complexity index is 1100. The molecule has 4 rings (SSSR count). The van der Waals surface area contributed by atoms with E-state index >= 15 is 0 Å². The van der Waals surface area contributed by atoms with Gasteiger partial charge in [0.15, 0.2) is 0 Å². The smallest absolute Gasteiger partial charge is 0.224 e. The van der Waals surface area contributed by atoms with Crippen LogP contribution in [0.25, 0.3) is 0 Å². The molecule has 8 heteroatoms. The number of nitrogens with zero attached hydrogens (tertiary/aromatic N) is 1. The van der Waals surface area contributed by atoms with Crippen molar-refractivity contribution in [2.24, 2.45) is 5.92 Å². The summed E-state index contributed by atoms with van der Waals surface area (Å²) in [5, 5.41) is 3.75. The van der Waals surface area contributed by atoms with Gasteiger partial charge < -0.3 is 5.32 Å². The van der Waals surface area contributed by atoms with Crippen molar-refractivity contribution in [1.29, 1.82) is 0 Å². The first kappa shape index (κ1) is 23.6. The number of fused-ring (bicyclic) bond motifs is 1. The number of benzene rings is 2.